The van der Waals surface area contributed by atoms with E-state index in [1.54, 1.807) is 13.3 Å². The molecular weight excluding hydrogens is 698 g/mol. The number of rotatable bonds is 13. The molecule has 0 unspecified atom stereocenters. The van der Waals surface area contributed by atoms with Crippen LogP contribution in [0.3, 0.4) is 0 Å². The first-order valence-corrected chi connectivity index (χ1v) is 21.7. The van der Waals surface area contributed by atoms with E-state index in [0.717, 1.165) is 42.1 Å². The van der Waals surface area contributed by atoms with Crippen LogP contribution >= 0.6 is 0 Å². The molecule has 11 heteroatoms. The van der Waals surface area contributed by atoms with Gasteiger partial charge in [-0.3, -0.25) is 4.98 Å². The van der Waals surface area contributed by atoms with E-state index in [1.807, 2.05) is 42.2 Å². The smallest absolute Gasteiger partial charge is 0.319 e. The van der Waals surface area contributed by atoms with Crippen LogP contribution in [0.1, 0.15) is 79.7 Å². The highest BCUT2D eigenvalue weighted by Crippen LogP contribution is 2.47. The number of aromatic nitrogens is 3. The van der Waals surface area contributed by atoms with Gasteiger partial charge in [0.15, 0.2) is 12.6 Å². The minimum atomic E-state index is -2.08. The normalized spacial score (nSPS) is 18.6. The number of benzene rings is 2. The van der Waals surface area contributed by atoms with Gasteiger partial charge in [0.1, 0.15) is 30.9 Å². The zero-order valence-corrected chi connectivity index (χ0v) is 34.8. The molecule has 0 amide bonds. The molecule has 9 nitrogen and oxygen atoms in total. The first-order valence-electron chi connectivity index (χ1n) is 19.4. The van der Waals surface area contributed by atoms with E-state index in [9.17, 15) is 5.11 Å². The molecule has 1 atom stereocenters. The molecule has 2 aliphatic rings. The Balaban J connectivity index is 1.56. The van der Waals surface area contributed by atoms with Crippen molar-refractivity contribution in [1.82, 2.24) is 19.9 Å². The number of hydrogen-bond donors (Lipinski definition) is 1. The van der Waals surface area contributed by atoms with Crippen molar-refractivity contribution in [2.45, 2.75) is 96.4 Å². The number of halogens is 1. The summed E-state index contributed by atoms with van der Waals surface area (Å²) in [6.45, 7) is 18.0. The summed E-state index contributed by atoms with van der Waals surface area (Å²) in [5, 5.41) is 13.2. The van der Waals surface area contributed by atoms with Crippen LogP contribution in [0.2, 0.25) is 16.6 Å². The number of fused-ring (bicyclic) bond motifs is 2. The van der Waals surface area contributed by atoms with Crippen molar-refractivity contribution in [3.8, 4) is 34.5 Å². The van der Waals surface area contributed by atoms with Crippen molar-refractivity contribution in [3.05, 3.63) is 47.9 Å². The highest BCUT2D eigenvalue weighted by molar-refractivity contribution is 6.90. The van der Waals surface area contributed by atoms with Crippen LogP contribution in [0.5, 0.6) is 11.8 Å². The Kier molecular flexibility index (Phi) is 11.6. The van der Waals surface area contributed by atoms with Crippen LogP contribution < -0.4 is 14.4 Å². The Morgan fingerprint density at radius 3 is 2.37 bits per heavy atom. The van der Waals surface area contributed by atoms with Crippen molar-refractivity contribution < 1.29 is 23.7 Å². The molecule has 1 saturated heterocycles. The van der Waals surface area contributed by atoms with Gasteiger partial charge in [-0.25, -0.2) is 4.39 Å². The third-order valence-electron chi connectivity index (χ3n) is 11.6. The summed E-state index contributed by atoms with van der Waals surface area (Å²) in [5.41, 5.74) is 5.99. The lowest BCUT2D eigenvalue weighted by atomic mass is 9.95. The summed E-state index contributed by atoms with van der Waals surface area (Å²) in [5.74, 6) is 4.09. The molecule has 1 saturated carbocycles. The third kappa shape index (κ3) is 8.08. The molecule has 2 aromatic carbocycles. The first-order chi connectivity index (χ1) is 25.6. The van der Waals surface area contributed by atoms with Crippen molar-refractivity contribution in [3.63, 3.8) is 0 Å². The average Bonchev–Trinajstić information content (AvgIpc) is 3.87. The predicted octanol–water partition coefficient (Wildman–Crippen LogP) is 8.61. The van der Waals surface area contributed by atoms with Gasteiger partial charge < -0.3 is 29.1 Å². The Morgan fingerprint density at radius 2 is 1.74 bits per heavy atom. The number of methoxy groups -OCH3 is 1. The second-order valence-corrected chi connectivity index (χ2v) is 22.7. The van der Waals surface area contributed by atoms with Crippen LogP contribution in [0, 0.1) is 22.7 Å². The molecule has 2 aromatic heterocycles. The van der Waals surface area contributed by atoms with E-state index < -0.39 is 19.5 Å². The molecule has 6 rings (SSSR count). The number of pyridine rings is 1. The summed E-state index contributed by atoms with van der Waals surface area (Å²) in [6, 6.07) is 9.88. The molecular formula is C43H58FN5O4Si. The lowest BCUT2D eigenvalue weighted by Crippen LogP contribution is -2.46. The van der Waals surface area contributed by atoms with E-state index in [-0.39, 0.29) is 29.4 Å². The summed E-state index contributed by atoms with van der Waals surface area (Å²) < 4.78 is 35.0. The molecule has 1 aliphatic carbocycles. The van der Waals surface area contributed by atoms with Gasteiger partial charge in [0.2, 0.25) is 0 Å². The molecule has 1 aliphatic heterocycles. The van der Waals surface area contributed by atoms with E-state index >= 15 is 4.39 Å². The zero-order valence-electron chi connectivity index (χ0n) is 33.8. The maximum absolute atomic E-state index is 17.5. The Bertz CT molecular complexity index is 2030. The van der Waals surface area contributed by atoms with Crippen molar-refractivity contribution in [2.24, 2.45) is 5.41 Å². The second kappa shape index (κ2) is 15.7. The lowest BCUT2D eigenvalue weighted by molar-refractivity contribution is 0.0447. The fourth-order valence-electron chi connectivity index (χ4n) is 8.84. The van der Waals surface area contributed by atoms with Gasteiger partial charge in [-0.05, 0) is 86.9 Å². The Hall–Kier alpha value is -3.82. The summed E-state index contributed by atoms with van der Waals surface area (Å²) in [4.78, 5) is 18.6. The molecule has 1 N–H and O–H groups in total. The lowest BCUT2D eigenvalue weighted by Gasteiger charge is -2.38. The number of aliphatic hydroxyl groups is 1. The molecule has 0 spiro atoms. The standard InChI is InChI=1S/C43H58FN5O4Si/c1-28(2)54(29(3)4,30(5)6)20-15-31-13-11-14-32-21-33(53-27-51-10)22-34(36(31)32)38-37(44)39-35(23-45-38)40(49-19-12-16-42(7,50)24-49)47-41(46-39)52-26-43(17-18-43)25-48(8)9/h11,13-14,21-23,28-30,50H,12,16-19,24-27H2,1-10H3/t42-/m1/s1. The van der Waals surface area contributed by atoms with Crippen LogP contribution in [0.25, 0.3) is 32.9 Å². The van der Waals surface area contributed by atoms with E-state index in [2.05, 4.69) is 72.0 Å². The van der Waals surface area contributed by atoms with Gasteiger partial charge in [0.25, 0.3) is 0 Å². The largest absolute Gasteiger partial charge is 0.468 e. The Labute approximate surface area is 321 Å². The quantitative estimate of drug-likeness (QED) is 0.0818. The molecule has 2 fully saturated rings. The predicted molar refractivity (Wildman–Crippen MR) is 218 cm³/mol. The number of ether oxygens (including phenoxy) is 3. The van der Waals surface area contributed by atoms with Gasteiger partial charge in [-0.15, -0.1) is 5.54 Å². The second-order valence-electron chi connectivity index (χ2n) is 17.1. The van der Waals surface area contributed by atoms with Gasteiger partial charge in [0, 0.05) is 54.9 Å². The SMILES string of the molecule is COCOc1cc(-c2ncc3c(N4CCC[C@@](C)(O)C4)nc(OCC4(CN(C)C)CC4)nc3c2F)c2c(C#C[Si](C(C)C)(C(C)C)C(C)C)cccc2c1. The van der Waals surface area contributed by atoms with Crippen LogP contribution in [-0.2, 0) is 4.74 Å². The minimum Gasteiger partial charge on any atom is -0.468 e. The topological polar surface area (TPSA) is 93.1 Å². The molecule has 54 heavy (non-hydrogen) atoms. The van der Waals surface area contributed by atoms with Crippen LogP contribution in [0.4, 0.5) is 10.2 Å². The summed E-state index contributed by atoms with van der Waals surface area (Å²) in [6.07, 6.45) is 5.21. The van der Waals surface area contributed by atoms with Gasteiger partial charge in [0.05, 0.1) is 17.6 Å². The van der Waals surface area contributed by atoms with Crippen molar-refractivity contribution >= 4 is 35.6 Å². The highest BCUT2D eigenvalue weighted by atomic mass is 28.3. The van der Waals surface area contributed by atoms with E-state index in [1.165, 1.54) is 0 Å². The van der Waals surface area contributed by atoms with Crippen molar-refractivity contribution in [1.29, 1.82) is 0 Å². The van der Waals surface area contributed by atoms with Gasteiger partial charge in [-0.2, -0.15) is 9.97 Å². The van der Waals surface area contributed by atoms with Gasteiger partial charge >= 0.3 is 6.01 Å². The molecule has 290 valence electrons. The average molecular weight is 756 g/mol. The van der Waals surface area contributed by atoms with Gasteiger partial charge in [-0.1, -0.05) is 59.6 Å². The fraction of sp³-hybridized carbons (Fsp3) is 0.558. The molecule has 3 heterocycles. The molecule has 0 radical (unpaired) electrons. The first kappa shape index (κ1) is 39.9. The number of β-amino-alcohol motifs (C(OH)–C–C–N with tert-alkyl or cyclic N) is 1. The zero-order chi connectivity index (χ0) is 39.0. The number of piperidine rings is 1. The van der Waals surface area contributed by atoms with E-state index in [4.69, 9.17) is 29.2 Å². The minimum absolute atomic E-state index is 0.0267. The fourth-order valence-corrected chi connectivity index (χ4v) is 14.1. The van der Waals surface area contributed by atoms with Crippen LogP contribution in [-0.4, -0.2) is 92.9 Å². The van der Waals surface area contributed by atoms with Crippen LogP contribution in [0.15, 0.2) is 36.5 Å². The highest BCUT2D eigenvalue weighted by Gasteiger charge is 2.44. The number of nitrogens with zero attached hydrogens (tertiary/aromatic N) is 5. The Morgan fingerprint density at radius 1 is 1.02 bits per heavy atom. The number of hydrogen-bond acceptors (Lipinski definition) is 9. The summed E-state index contributed by atoms with van der Waals surface area (Å²) in [7, 11) is 3.60. The maximum Gasteiger partial charge on any atom is 0.319 e. The maximum atomic E-state index is 17.5. The summed E-state index contributed by atoms with van der Waals surface area (Å²) >= 11 is 0. The van der Waals surface area contributed by atoms with E-state index in [0.29, 0.717) is 65.3 Å². The molecule has 0 bridgehead atoms. The molecule has 4 aromatic rings. The third-order valence-corrected chi connectivity index (χ3v) is 17.9. The number of anilines is 1. The monoisotopic (exact) mass is 755 g/mol. The van der Waals surface area contributed by atoms with Crippen molar-refractivity contribution in [2.75, 3.05) is 59.1 Å².